The van der Waals surface area contributed by atoms with E-state index in [2.05, 4.69) is 48.3 Å². The van der Waals surface area contributed by atoms with Gasteiger partial charge in [0.05, 0.1) is 6.61 Å². The number of ketones is 1. The molecule has 2 aromatic carbocycles. The van der Waals surface area contributed by atoms with Crippen molar-refractivity contribution in [2.75, 3.05) is 25.1 Å². The average molecular weight is 389 g/mol. The second-order valence-corrected chi connectivity index (χ2v) is 7.46. The third-order valence-electron chi connectivity index (χ3n) is 5.34. The summed E-state index contributed by atoms with van der Waals surface area (Å²) < 4.78 is 0. The third-order valence-corrected chi connectivity index (χ3v) is 5.34. The van der Waals surface area contributed by atoms with E-state index in [9.17, 15) is 4.79 Å². The van der Waals surface area contributed by atoms with E-state index in [0.29, 0.717) is 18.5 Å². The van der Waals surface area contributed by atoms with E-state index in [1.54, 1.807) is 12.3 Å². The van der Waals surface area contributed by atoms with Gasteiger partial charge in [0.25, 0.3) is 0 Å². The first kappa shape index (κ1) is 20.7. The zero-order valence-electron chi connectivity index (χ0n) is 17.3. The molecular weight excluding hydrogens is 360 g/mol. The Kier molecular flexibility index (Phi) is 6.78. The summed E-state index contributed by atoms with van der Waals surface area (Å²) in [7, 11) is 1.96. The molecule has 1 atom stereocenters. The first-order chi connectivity index (χ1) is 14.0. The molecule has 0 aliphatic heterocycles. The molecule has 0 saturated heterocycles. The molecular formula is C25H28N2O2. The van der Waals surface area contributed by atoms with E-state index in [1.165, 1.54) is 11.1 Å². The number of carbonyl (C=O) groups is 1. The van der Waals surface area contributed by atoms with Crippen LogP contribution in [-0.4, -0.2) is 36.1 Å². The molecule has 0 fully saturated rings. The Hall–Kier alpha value is -2.98. The molecule has 0 radical (unpaired) electrons. The first-order valence-corrected chi connectivity index (χ1v) is 9.93. The number of anilines is 1. The second-order valence-electron chi connectivity index (χ2n) is 7.46. The Morgan fingerprint density at radius 3 is 2.45 bits per heavy atom. The van der Waals surface area contributed by atoms with E-state index < -0.39 is 0 Å². The fraction of sp³-hybridized carbons (Fsp3) is 0.280. The number of likely N-dealkylation sites (N-methyl/N-ethyl adjacent to an activating group) is 1. The average Bonchev–Trinajstić information content (AvgIpc) is 2.73. The maximum Gasteiger partial charge on any atom is 0.163 e. The summed E-state index contributed by atoms with van der Waals surface area (Å²) in [6.07, 6.45) is 2.09. The van der Waals surface area contributed by atoms with Crippen LogP contribution in [0.3, 0.4) is 0 Å². The Bertz CT molecular complexity index is 967. The SMILES string of the molecule is Cc1cc(C(=O)C[C@H](c2ccc(N(C)CCO)cc2)c2ccccc2C)ccn1. The summed E-state index contributed by atoms with van der Waals surface area (Å²) in [5, 5.41) is 9.16. The molecule has 0 saturated carbocycles. The minimum absolute atomic E-state index is 0.0191. The normalized spacial score (nSPS) is 11.9. The van der Waals surface area contributed by atoms with Crippen molar-refractivity contribution in [2.24, 2.45) is 0 Å². The van der Waals surface area contributed by atoms with Gasteiger partial charge in [-0.05, 0) is 54.8 Å². The van der Waals surface area contributed by atoms with Crippen LogP contribution in [0.2, 0.25) is 0 Å². The molecule has 4 heteroatoms. The molecule has 0 amide bonds. The number of nitrogens with zero attached hydrogens (tertiary/aromatic N) is 2. The molecule has 4 nitrogen and oxygen atoms in total. The number of hydrogen-bond donors (Lipinski definition) is 1. The molecule has 0 aliphatic rings. The van der Waals surface area contributed by atoms with Gasteiger partial charge in [0.15, 0.2) is 5.78 Å². The van der Waals surface area contributed by atoms with Crippen LogP contribution < -0.4 is 4.90 Å². The summed E-state index contributed by atoms with van der Waals surface area (Å²) in [6, 6.07) is 20.2. The highest BCUT2D eigenvalue weighted by molar-refractivity contribution is 5.96. The van der Waals surface area contributed by atoms with Crippen molar-refractivity contribution in [3.05, 3.63) is 94.8 Å². The Labute approximate surface area is 172 Å². The van der Waals surface area contributed by atoms with Gasteiger partial charge in [-0.1, -0.05) is 36.4 Å². The minimum atomic E-state index is -0.0191. The maximum atomic E-state index is 13.1. The van der Waals surface area contributed by atoms with Crippen LogP contribution in [0.25, 0.3) is 0 Å². The molecule has 150 valence electrons. The molecule has 0 aliphatic carbocycles. The highest BCUT2D eigenvalue weighted by atomic mass is 16.3. The van der Waals surface area contributed by atoms with Gasteiger partial charge in [-0.25, -0.2) is 0 Å². The van der Waals surface area contributed by atoms with Crippen molar-refractivity contribution < 1.29 is 9.90 Å². The van der Waals surface area contributed by atoms with Crippen LogP contribution in [-0.2, 0) is 0 Å². The summed E-state index contributed by atoms with van der Waals surface area (Å²) in [5.74, 6) is 0.0968. The number of aryl methyl sites for hydroxylation is 2. The summed E-state index contributed by atoms with van der Waals surface area (Å²) in [6.45, 7) is 4.69. The summed E-state index contributed by atoms with van der Waals surface area (Å²) in [4.78, 5) is 19.3. The number of aliphatic hydroxyl groups is 1. The lowest BCUT2D eigenvalue weighted by molar-refractivity contribution is 0.0977. The van der Waals surface area contributed by atoms with Crippen LogP contribution in [0.4, 0.5) is 5.69 Å². The molecule has 0 unspecified atom stereocenters. The Morgan fingerprint density at radius 2 is 1.79 bits per heavy atom. The predicted molar refractivity (Wildman–Crippen MR) is 118 cm³/mol. The number of carbonyl (C=O) groups excluding carboxylic acids is 1. The zero-order valence-corrected chi connectivity index (χ0v) is 17.3. The van der Waals surface area contributed by atoms with Gasteiger partial charge >= 0.3 is 0 Å². The predicted octanol–water partition coefficient (Wildman–Crippen LogP) is 4.53. The molecule has 0 bridgehead atoms. The quantitative estimate of drug-likeness (QED) is 0.576. The van der Waals surface area contributed by atoms with Crippen LogP contribution >= 0.6 is 0 Å². The summed E-state index contributed by atoms with van der Waals surface area (Å²) in [5.41, 5.74) is 6.05. The number of aliphatic hydroxyl groups excluding tert-OH is 1. The van der Waals surface area contributed by atoms with E-state index in [-0.39, 0.29) is 18.3 Å². The van der Waals surface area contributed by atoms with Crippen LogP contribution in [0, 0.1) is 13.8 Å². The second kappa shape index (κ2) is 9.48. The smallest absolute Gasteiger partial charge is 0.163 e. The van der Waals surface area contributed by atoms with Crippen LogP contribution in [0.5, 0.6) is 0 Å². The molecule has 29 heavy (non-hydrogen) atoms. The Balaban J connectivity index is 1.94. The number of aromatic nitrogens is 1. The van der Waals surface area contributed by atoms with Crippen molar-refractivity contribution in [2.45, 2.75) is 26.2 Å². The topological polar surface area (TPSA) is 53.4 Å². The van der Waals surface area contributed by atoms with Gasteiger partial charge in [-0.15, -0.1) is 0 Å². The number of rotatable bonds is 8. The fourth-order valence-corrected chi connectivity index (χ4v) is 3.65. The lowest BCUT2D eigenvalue weighted by Gasteiger charge is -2.22. The van der Waals surface area contributed by atoms with Crippen molar-refractivity contribution in [1.82, 2.24) is 4.98 Å². The monoisotopic (exact) mass is 388 g/mol. The van der Waals surface area contributed by atoms with E-state index in [0.717, 1.165) is 16.9 Å². The van der Waals surface area contributed by atoms with E-state index in [1.807, 2.05) is 37.1 Å². The van der Waals surface area contributed by atoms with Crippen LogP contribution in [0.1, 0.15) is 45.1 Å². The maximum absolute atomic E-state index is 13.1. The Morgan fingerprint density at radius 1 is 1.07 bits per heavy atom. The van der Waals surface area contributed by atoms with Crippen molar-refractivity contribution in [3.8, 4) is 0 Å². The third kappa shape index (κ3) is 5.09. The number of Topliss-reactive ketones (excluding diaryl/α,β-unsaturated/α-hetero) is 1. The van der Waals surface area contributed by atoms with Crippen molar-refractivity contribution in [1.29, 1.82) is 0 Å². The largest absolute Gasteiger partial charge is 0.395 e. The van der Waals surface area contributed by atoms with Crippen molar-refractivity contribution >= 4 is 11.5 Å². The fourth-order valence-electron chi connectivity index (χ4n) is 3.65. The molecule has 1 heterocycles. The van der Waals surface area contributed by atoms with Gasteiger partial charge < -0.3 is 10.0 Å². The molecule has 3 rings (SSSR count). The number of pyridine rings is 1. The highest BCUT2D eigenvalue weighted by Crippen LogP contribution is 2.32. The van der Waals surface area contributed by atoms with Crippen LogP contribution in [0.15, 0.2) is 66.9 Å². The molecule has 0 spiro atoms. The minimum Gasteiger partial charge on any atom is -0.395 e. The molecule has 3 aromatic rings. The van der Waals surface area contributed by atoms with Crippen molar-refractivity contribution in [3.63, 3.8) is 0 Å². The standard InChI is InChI=1S/C25H28N2O2/c1-18-6-4-5-7-23(18)24(17-25(29)21-12-13-26-19(2)16-21)20-8-10-22(11-9-20)27(3)14-15-28/h4-13,16,24,28H,14-15,17H2,1-3H3/t24-/m1/s1. The van der Waals surface area contributed by atoms with E-state index >= 15 is 0 Å². The number of hydrogen-bond acceptors (Lipinski definition) is 4. The number of benzene rings is 2. The lowest BCUT2D eigenvalue weighted by Crippen LogP contribution is -2.21. The first-order valence-electron chi connectivity index (χ1n) is 9.93. The highest BCUT2D eigenvalue weighted by Gasteiger charge is 2.21. The lowest BCUT2D eigenvalue weighted by atomic mass is 9.83. The van der Waals surface area contributed by atoms with Gasteiger partial charge in [-0.2, -0.15) is 0 Å². The molecule has 1 aromatic heterocycles. The zero-order chi connectivity index (χ0) is 20.8. The van der Waals surface area contributed by atoms with Gasteiger partial charge in [-0.3, -0.25) is 9.78 Å². The van der Waals surface area contributed by atoms with Gasteiger partial charge in [0.1, 0.15) is 0 Å². The summed E-state index contributed by atoms with van der Waals surface area (Å²) >= 11 is 0. The van der Waals surface area contributed by atoms with Gasteiger partial charge in [0, 0.05) is 49.1 Å². The molecule has 1 N–H and O–H groups in total. The van der Waals surface area contributed by atoms with E-state index in [4.69, 9.17) is 5.11 Å². The van der Waals surface area contributed by atoms with Gasteiger partial charge in [0.2, 0.25) is 0 Å².